The molecule has 0 spiro atoms. The van der Waals surface area contributed by atoms with Crippen LogP contribution in [0.2, 0.25) is 0 Å². The van der Waals surface area contributed by atoms with E-state index in [-0.39, 0.29) is 6.29 Å². The van der Waals surface area contributed by atoms with E-state index in [2.05, 4.69) is 8.37 Å². The van der Waals surface area contributed by atoms with Gasteiger partial charge in [0.25, 0.3) is 0 Å². The lowest BCUT2D eigenvalue weighted by molar-refractivity contribution is -0.129. The van der Waals surface area contributed by atoms with E-state index in [4.69, 9.17) is 19.3 Å². The molecule has 0 unspecified atom stereocenters. The highest BCUT2D eigenvalue weighted by molar-refractivity contribution is 7.81. The molecule has 14 heteroatoms. The average molecular weight is 340 g/mol. The van der Waals surface area contributed by atoms with Crippen LogP contribution >= 0.6 is 0 Å². The van der Waals surface area contributed by atoms with Gasteiger partial charge in [-0.3, -0.25) is 9.11 Å². The van der Waals surface area contributed by atoms with E-state index in [0.717, 1.165) is 0 Å². The van der Waals surface area contributed by atoms with E-state index < -0.39 is 51.8 Å². The summed E-state index contributed by atoms with van der Waals surface area (Å²) in [6.45, 7) is -1.12. The van der Waals surface area contributed by atoms with Crippen molar-refractivity contribution in [3.05, 3.63) is 0 Å². The Labute approximate surface area is 113 Å². The molecule has 0 radical (unpaired) electrons. The second-order valence-electron chi connectivity index (χ2n) is 3.35. The molecule has 0 fully saturated rings. The zero-order chi connectivity index (χ0) is 16.1. The highest BCUT2D eigenvalue weighted by atomic mass is 32.3. The summed E-state index contributed by atoms with van der Waals surface area (Å²) in [7, 11) is -10.5. The van der Waals surface area contributed by atoms with E-state index in [1.54, 1.807) is 0 Å². The molecular formula is C6H12O12S2. The van der Waals surface area contributed by atoms with Gasteiger partial charge in [-0.25, -0.2) is 8.37 Å². The fourth-order valence-electron chi connectivity index (χ4n) is 1.07. The van der Waals surface area contributed by atoms with Gasteiger partial charge in [0.05, 0.1) is 6.61 Å². The third kappa shape index (κ3) is 7.17. The molecule has 0 amide bonds. The summed E-state index contributed by atoms with van der Waals surface area (Å²) in [6, 6.07) is 0. The van der Waals surface area contributed by atoms with Crippen LogP contribution in [0.25, 0.3) is 0 Å². The molecule has 0 aliphatic heterocycles. The summed E-state index contributed by atoms with van der Waals surface area (Å²) in [5.74, 6) is 0. The Balaban J connectivity index is 5.42. The molecular weight excluding hydrogens is 328 g/mol. The highest BCUT2D eigenvalue weighted by Crippen LogP contribution is 2.15. The van der Waals surface area contributed by atoms with Crippen molar-refractivity contribution < 1.29 is 54.4 Å². The smallest absolute Gasteiger partial charge is 0.394 e. The maximum atomic E-state index is 10.6. The number of aliphatic hydroxyl groups is 3. The standard InChI is InChI=1S/C6H12O12S2/c7-1-3(9)5(10)6(18-20(14,15)16)4(2-8)17-19(11,12)13/h2-7,9-10H,1H2,(H,11,12,13)(H,14,15,16)/t3-,4+,5+,6-/m1/s1. The van der Waals surface area contributed by atoms with E-state index in [9.17, 15) is 26.7 Å². The third-order valence-electron chi connectivity index (χ3n) is 1.84. The lowest BCUT2D eigenvalue weighted by atomic mass is 10.0. The van der Waals surface area contributed by atoms with Crippen LogP contribution in [0.15, 0.2) is 0 Å². The lowest BCUT2D eigenvalue weighted by Crippen LogP contribution is -2.50. The van der Waals surface area contributed by atoms with Crippen molar-refractivity contribution in [3.63, 3.8) is 0 Å². The predicted molar refractivity (Wildman–Crippen MR) is 58.0 cm³/mol. The van der Waals surface area contributed by atoms with Gasteiger partial charge in [-0.05, 0) is 0 Å². The maximum absolute atomic E-state index is 10.6. The Morgan fingerprint density at radius 1 is 1.00 bits per heavy atom. The van der Waals surface area contributed by atoms with Gasteiger partial charge in [-0.15, -0.1) is 0 Å². The number of carbonyl (C=O) groups excluding carboxylic acids is 1. The van der Waals surface area contributed by atoms with Gasteiger partial charge in [-0.2, -0.15) is 16.8 Å². The van der Waals surface area contributed by atoms with E-state index in [1.165, 1.54) is 0 Å². The van der Waals surface area contributed by atoms with Gasteiger partial charge in [0.1, 0.15) is 18.3 Å². The summed E-state index contributed by atoms with van der Waals surface area (Å²) >= 11 is 0. The van der Waals surface area contributed by atoms with Crippen molar-refractivity contribution in [2.24, 2.45) is 0 Å². The molecule has 20 heavy (non-hydrogen) atoms. The van der Waals surface area contributed by atoms with Gasteiger partial charge >= 0.3 is 20.8 Å². The quantitative estimate of drug-likeness (QED) is 0.203. The minimum atomic E-state index is -5.29. The minimum Gasteiger partial charge on any atom is -0.394 e. The third-order valence-corrected chi connectivity index (χ3v) is 2.77. The molecule has 0 aliphatic carbocycles. The van der Waals surface area contributed by atoms with Crippen LogP contribution in [0.4, 0.5) is 0 Å². The van der Waals surface area contributed by atoms with Crippen LogP contribution in [-0.2, 0) is 34.0 Å². The van der Waals surface area contributed by atoms with Crippen LogP contribution in [0.1, 0.15) is 0 Å². The summed E-state index contributed by atoms with van der Waals surface area (Å²) in [5, 5.41) is 27.1. The van der Waals surface area contributed by atoms with Crippen LogP contribution in [0.5, 0.6) is 0 Å². The zero-order valence-electron chi connectivity index (χ0n) is 9.50. The second kappa shape index (κ2) is 7.34. The summed E-state index contributed by atoms with van der Waals surface area (Å²) < 4.78 is 66.3. The number of aliphatic hydroxyl groups excluding tert-OH is 3. The Kier molecular flexibility index (Phi) is 7.08. The lowest BCUT2D eigenvalue weighted by Gasteiger charge is -2.27. The maximum Gasteiger partial charge on any atom is 0.398 e. The van der Waals surface area contributed by atoms with Crippen LogP contribution < -0.4 is 0 Å². The van der Waals surface area contributed by atoms with Gasteiger partial charge in [0.15, 0.2) is 12.4 Å². The number of hydrogen-bond acceptors (Lipinski definition) is 10. The fourth-order valence-corrected chi connectivity index (χ4v) is 2.01. The highest BCUT2D eigenvalue weighted by Gasteiger charge is 2.39. The van der Waals surface area contributed by atoms with E-state index >= 15 is 0 Å². The fraction of sp³-hybridized carbons (Fsp3) is 0.833. The van der Waals surface area contributed by atoms with Crippen molar-refractivity contribution in [1.29, 1.82) is 0 Å². The first-order valence-electron chi connectivity index (χ1n) is 4.65. The first kappa shape index (κ1) is 19.3. The molecule has 12 nitrogen and oxygen atoms in total. The molecule has 0 aromatic heterocycles. The van der Waals surface area contributed by atoms with Gasteiger partial charge in [-0.1, -0.05) is 0 Å². The molecule has 120 valence electrons. The van der Waals surface area contributed by atoms with E-state index in [0.29, 0.717) is 0 Å². The number of carbonyl (C=O) groups is 1. The molecule has 0 aromatic carbocycles. The topological polar surface area (TPSA) is 205 Å². The predicted octanol–water partition coefficient (Wildman–Crippen LogP) is -3.72. The van der Waals surface area contributed by atoms with Crippen molar-refractivity contribution >= 4 is 27.1 Å². The largest absolute Gasteiger partial charge is 0.398 e. The molecule has 0 saturated heterocycles. The molecule has 0 bridgehead atoms. The Hall–Kier alpha value is -0.710. The van der Waals surface area contributed by atoms with Gasteiger partial charge in [0.2, 0.25) is 0 Å². The van der Waals surface area contributed by atoms with Gasteiger partial charge < -0.3 is 20.1 Å². The average Bonchev–Trinajstić information content (AvgIpc) is 2.29. The molecule has 4 atom stereocenters. The van der Waals surface area contributed by atoms with Crippen molar-refractivity contribution in [3.8, 4) is 0 Å². The number of aldehydes is 1. The molecule has 0 aliphatic rings. The minimum absolute atomic E-state index is 0.378. The van der Waals surface area contributed by atoms with E-state index in [1.807, 2.05) is 0 Å². The molecule has 0 aromatic rings. The monoisotopic (exact) mass is 340 g/mol. The van der Waals surface area contributed by atoms with Crippen LogP contribution in [0.3, 0.4) is 0 Å². The van der Waals surface area contributed by atoms with Crippen molar-refractivity contribution in [2.75, 3.05) is 6.61 Å². The zero-order valence-corrected chi connectivity index (χ0v) is 11.1. The Bertz CT molecular complexity index is 508. The SMILES string of the molecule is O=C[C@H](OS(=O)(=O)O)[C@@H](OS(=O)(=O)O)[C@@H](O)[C@H](O)CO. The first-order valence-corrected chi connectivity index (χ1v) is 7.38. The molecule has 0 rings (SSSR count). The first-order chi connectivity index (χ1) is 8.91. The number of hydrogen-bond donors (Lipinski definition) is 5. The van der Waals surface area contributed by atoms with Gasteiger partial charge in [0, 0.05) is 0 Å². The normalized spacial score (nSPS) is 19.1. The van der Waals surface area contributed by atoms with Crippen molar-refractivity contribution in [2.45, 2.75) is 24.4 Å². The Morgan fingerprint density at radius 3 is 1.75 bits per heavy atom. The van der Waals surface area contributed by atoms with Crippen LogP contribution in [0, 0.1) is 0 Å². The summed E-state index contributed by atoms with van der Waals surface area (Å²) in [5.41, 5.74) is 0. The summed E-state index contributed by atoms with van der Waals surface area (Å²) in [4.78, 5) is 10.6. The Morgan fingerprint density at radius 2 is 1.45 bits per heavy atom. The molecule has 5 N–H and O–H groups in total. The molecule has 0 heterocycles. The second-order valence-corrected chi connectivity index (χ2v) is 5.45. The van der Waals surface area contributed by atoms with Crippen LogP contribution in [-0.4, -0.2) is 78.6 Å². The summed E-state index contributed by atoms with van der Waals surface area (Å²) in [6.07, 6.45) is -9.67. The molecule has 0 saturated carbocycles. The van der Waals surface area contributed by atoms with Crippen molar-refractivity contribution in [1.82, 2.24) is 0 Å². The number of rotatable bonds is 9.